The molecule has 0 saturated carbocycles. The fourth-order valence-corrected chi connectivity index (χ4v) is 6.95. The molecular formula is C20H34O4S6. The van der Waals surface area contributed by atoms with Crippen molar-refractivity contribution in [2.75, 3.05) is 93.1 Å². The zero-order chi connectivity index (χ0) is 20.5. The Balaban J connectivity index is 1.19. The zero-order valence-corrected chi connectivity index (χ0v) is 22.4. The van der Waals surface area contributed by atoms with Gasteiger partial charge in [0, 0.05) is 61.3 Å². The highest BCUT2D eigenvalue weighted by molar-refractivity contribution is 8.07. The van der Waals surface area contributed by atoms with Crippen molar-refractivity contribution in [1.29, 1.82) is 0 Å². The summed E-state index contributed by atoms with van der Waals surface area (Å²) in [5, 5.41) is 2.96. The Kier molecular flexibility index (Phi) is 11.5. The van der Waals surface area contributed by atoms with Crippen molar-refractivity contribution in [2.45, 2.75) is 25.7 Å². The third-order valence-electron chi connectivity index (χ3n) is 4.93. The molecule has 4 unspecified atom stereocenters. The van der Waals surface area contributed by atoms with Crippen molar-refractivity contribution in [3.63, 3.8) is 0 Å². The van der Waals surface area contributed by atoms with Gasteiger partial charge in [-0.25, -0.2) is 0 Å². The molecule has 4 rings (SSSR count). The van der Waals surface area contributed by atoms with Crippen LogP contribution in [0.25, 0.3) is 0 Å². The molecule has 0 amide bonds. The van der Waals surface area contributed by atoms with Crippen LogP contribution >= 0.6 is 70.6 Å². The van der Waals surface area contributed by atoms with E-state index < -0.39 is 0 Å². The van der Waals surface area contributed by atoms with Gasteiger partial charge in [0.15, 0.2) is 0 Å². The summed E-state index contributed by atoms with van der Waals surface area (Å²) in [6, 6.07) is 0. The minimum absolute atomic E-state index is 0.00775. The monoisotopic (exact) mass is 530 g/mol. The average molecular weight is 531 g/mol. The van der Waals surface area contributed by atoms with E-state index in [0.29, 0.717) is 0 Å². The lowest BCUT2D eigenvalue weighted by Crippen LogP contribution is -2.41. The summed E-state index contributed by atoms with van der Waals surface area (Å²) in [5.74, 6) is 8.18. The Labute approximate surface area is 207 Å². The lowest BCUT2D eigenvalue weighted by Gasteiger charge is -2.33. The maximum atomic E-state index is 6.20. The van der Waals surface area contributed by atoms with Gasteiger partial charge in [0.1, 0.15) is 0 Å². The van der Waals surface area contributed by atoms with E-state index in [1.54, 1.807) is 0 Å². The van der Waals surface area contributed by atoms with Crippen LogP contribution in [-0.4, -0.2) is 119 Å². The molecule has 10 heteroatoms. The van der Waals surface area contributed by atoms with Gasteiger partial charge in [-0.2, -0.15) is 58.8 Å². The van der Waals surface area contributed by atoms with Crippen molar-refractivity contribution in [3.8, 4) is 0 Å². The van der Waals surface area contributed by atoms with Gasteiger partial charge in [-0.1, -0.05) is 0 Å². The van der Waals surface area contributed by atoms with Crippen molar-refractivity contribution >= 4 is 70.6 Å². The molecule has 4 atom stereocenters. The Morgan fingerprint density at radius 1 is 0.633 bits per heavy atom. The van der Waals surface area contributed by atoms with Gasteiger partial charge in [0.25, 0.3) is 0 Å². The largest absolute Gasteiger partial charge is 0.379 e. The molecule has 30 heavy (non-hydrogen) atoms. The predicted molar refractivity (Wildman–Crippen MR) is 141 cm³/mol. The fourth-order valence-electron chi connectivity index (χ4n) is 2.78. The Morgan fingerprint density at radius 2 is 1.07 bits per heavy atom. The summed E-state index contributed by atoms with van der Waals surface area (Å²) in [4.78, 5) is 0. The second-order valence-corrected chi connectivity index (χ2v) is 16.1. The van der Waals surface area contributed by atoms with E-state index in [9.17, 15) is 0 Å². The zero-order valence-electron chi connectivity index (χ0n) is 17.5. The van der Waals surface area contributed by atoms with Gasteiger partial charge in [-0.05, 0) is 0 Å². The topological polar surface area (TPSA) is 36.9 Å². The van der Waals surface area contributed by atoms with Gasteiger partial charge in [0.2, 0.25) is 0 Å². The van der Waals surface area contributed by atoms with E-state index in [1.807, 2.05) is 70.6 Å². The van der Waals surface area contributed by atoms with Gasteiger partial charge in [0.05, 0.1) is 57.6 Å². The van der Waals surface area contributed by atoms with Gasteiger partial charge in [-0.15, -0.1) is 11.8 Å². The summed E-state index contributed by atoms with van der Waals surface area (Å²) < 4.78 is 24.1. The highest BCUT2D eigenvalue weighted by atomic mass is 32.2. The van der Waals surface area contributed by atoms with Crippen molar-refractivity contribution in [2.24, 2.45) is 0 Å². The minimum atomic E-state index is 0.00775. The number of hydrogen-bond donors (Lipinski definition) is 0. The highest BCUT2D eigenvalue weighted by Crippen LogP contribution is 2.36. The van der Waals surface area contributed by atoms with Crippen molar-refractivity contribution in [3.05, 3.63) is 0 Å². The molecule has 0 N–H and O–H groups in total. The van der Waals surface area contributed by atoms with Crippen LogP contribution < -0.4 is 0 Å². The molecular weight excluding hydrogens is 497 g/mol. The maximum absolute atomic E-state index is 6.20. The smallest absolute Gasteiger partial charge is 0.0717 e. The third-order valence-corrected chi connectivity index (χ3v) is 11.4. The van der Waals surface area contributed by atoms with E-state index in [2.05, 4.69) is 0 Å². The second-order valence-electron chi connectivity index (χ2n) is 8.09. The third kappa shape index (κ3) is 11.4. The first-order valence-electron chi connectivity index (χ1n) is 10.8. The molecule has 0 radical (unpaired) electrons. The number of rotatable bonds is 21. The lowest BCUT2D eigenvalue weighted by molar-refractivity contribution is 0.0669. The first-order valence-corrected chi connectivity index (χ1v) is 17.1. The molecule has 0 aromatic rings. The molecule has 174 valence electrons. The standard InChI is InChI=1S/C20H34O4S6/c1(21-5-16-9-26-16)3-25-15-20(13-23-7-18-11-28-18,14-24-8-19-12-29-19)30-4-2-22-6-17-10-27-17/h16-19H,1-15H2. The van der Waals surface area contributed by atoms with Crippen LogP contribution in [0.1, 0.15) is 0 Å². The summed E-state index contributed by atoms with van der Waals surface area (Å²) in [5.41, 5.74) is 0. The quantitative estimate of drug-likeness (QED) is 0.162. The summed E-state index contributed by atoms with van der Waals surface area (Å²) in [7, 11) is 0. The molecule has 4 fully saturated rings. The molecule has 0 bridgehead atoms. The molecule has 0 aliphatic carbocycles. The number of ether oxygens (including phenoxy) is 4. The van der Waals surface area contributed by atoms with Gasteiger partial charge in [-0.3, -0.25) is 0 Å². The van der Waals surface area contributed by atoms with E-state index >= 15 is 0 Å². The van der Waals surface area contributed by atoms with Crippen LogP contribution in [0.2, 0.25) is 0 Å². The van der Waals surface area contributed by atoms with Crippen molar-refractivity contribution < 1.29 is 18.9 Å². The number of thioether (sulfide) groups is 6. The van der Waals surface area contributed by atoms with E-state index in [1.165, 1.54) is 23.0 Å². The second kappa shape index (κ2) is 13.7. The first kappa shape index (κ1) is 25.0. The van der Waals surface area contributed by atoms with Gasteiger partial charge < -0.3 is 18.9 Å². The van der Waals surface area contributed by atoms with Gasteiger partial charge >= 0.3 is 0 Å². The summed E-state index contributed by atoms with van der Waals surface area (Å²) >= 11 is 12.0. The molecule has 4 aliphatic heterocycles. The van der Waals surface area contributed by atoms with Crippen LogP contribution in [-0.2, 0) is 18.9 Å². The maximum Gasteiger partial charge on any atom is 0.0717 e. The molecule has 4 nitrogen and oxygen atoms in total. The van der Waals surface area contributed by atoms with Crippen LogP contribution in [0.5, 0.6) is 0 Å². The molecule has 4 heterocycles. The molecule has 4 saturated heterocycles. The summed E-state index contributed by atoms with van der Waals surface area (Å²) in [6.07, 6.45) is 0. The minimum Gasteiger partial charge on any atom is -0.379 e. The molecule has 0 aromatic carbocycles. The fraction of sp³-hybridized carbons (Fsp3) is 1.00. The van der Waals surface area contributed by atoms with E-state index in [0.717, 1.165) is 91.1 Å². The Bertz CT molecular complexity index is 468. The van der Waals surface area contributed by atoms with E-state index in [-0.39, 0.29) is 4.75 Å². The van der Waals surface area contributed by atoms with Crippen LogP contribution in [0, 0.1) is 0 Å². The SMILES string of the molecule is C(CSCC(COCC1CS1)(COCC1CS1)SCCOCC1CS1)OCC1CS1. The molecule has 0 aromatic heterocycles. The Hall–Kier alpha value is 1.94. The predicted octanol–water partition coefficient (Wildman–Crippen LogP) is 3.72. The van der Waals surface area contributed by atoms with Crippen molar-refractivity contribution in [1.82, 2.24) is 0 Å². The molecule has 4 aliphatic rings. The van der Waals surface area contributed by atoms with Crippen LogP contribution in [0.4, 0.5) is 0 Å². The van der Waals surface area contributed by atoms with Crippen LogP contribution in [0.15, 0.2) is 0 Å². The van der Waals surface area contributed by atoms with Crippen LogP contribution in [0.3, 0.4) is 0 Å². The van der Waals surface area contributed by atoms with E-state index in [4.69, 9.17) is 18.9 Å². The lowest BCUT2D eigenvalue weighted by atomic mass is 10.2. The summed E-state index contributed by atoms with van der Waals surface area (Å²) in [6.45, 7) is 6.83. The Morgan fingerprint density at radius 3 is 1.53 bits per heavy atom. The average Bonchev–Trinajstić information content (AvgIpc) is 3.53. The highest BCUT2D eigenvalue weighted by Gasteiger charge is 2.34. The first-order chi connectivity index (χ1) is 14.8. The normalized spacial score (nSPS) is 30.8. The number of hydrogen-bond acceptors (Lipinski definition) is 10. The molecule has 0 spiro atoms.